The van der Waals surface area contributed by atoms with E-state index in [-0.39, 0.29) is 0 Å². The van der Waals surface area contributed by atoms with Crippen molar-refractivity contribution in [2.45, 2.75) is 13.0 Å². The van der Waals surface area contributed by atoms with Crippen molar-refractivity contribution in [2.24, 2.45) is 0 Å². The van der Waals surface area contributed by atoms with E-state index in [9.17, 15) is 4.39 Å². The monoisotopic (exact) mass is 394 g/mol. The first-order chi connectivity index (χ1) is 14.0. The number of fused-ring (bicyclic) bond motifs is 1. The second-order valence-electron chi connectivity index (χ2n) is 6.38. The van der Waals surface area contributed by atoms with Crippen LogP contribution in [0.4, 0.5) is 4.39 Å². The van der Waals surface area contributed by atoms with Gasteiger partial charge in [0.05, 0.1) is 19.0 Å². The van der Waals surface area contributed by atoms with Gasteiger partial charge in [-0.3, -0.25) is 10.4 Å². The lowest BCUT2D eigenvalue weighted by Gasteiger charge is -2.19. The van der Waals surface area contributed by atoms with E-state index in [1.807, 2.05) is 13.0 Å². The molecule has 0 bridgehead atoms. The minimum absolute atomic E-state index is 0.465. The average molecular weight is 394 g/mol. The van der Waals surface area contributed by atoms with Crippen molar-refractivity contribution in [1.82, 2.24) is 15.6 Å². The summed E-state index contributed by atoms with van der Waals surface area (Å²) < 4.78 is 26.3. The molecule has 0 radical (unpaired) electrons. The number of benzene rings is 1. The molecule has 29 heavy (non-hydrogen) atoms. The van der Waals surface area contributed by atoms with Crippen LogP contribution in [0.5, 0.6) is 11.5 Å². The Bertz CT molecular complexity index is 1060. The molecule has 3 N–H and O–H groups in total. The number of rotatable bonds is 7. The molecule has 0 saturated carbocycles. The Morgan fingerprint density at radius 1 is 1.41 bits per heavy atom. The van der Waals surface area contributed by atoms with Gasteiger partial charge in [0.25, 0.3) is 0 Å². The van der Waals surface area contributed by atoms with Crippen LogP contribution in [0.1, 0.15) is 11.1 Å². The Hall–Kier alpha value is -3.61. The SMILES string of the molecule is C=C(NC)c1cc2c(OC3C=CC=C(NC=N)C=C3F)ccnc2c(C)c1OC. The Morgan fingerprint density at radius 2 is 2.21 bits per heavy atom. The standard InChI is InChI=1S/C22H23FN4O2/c1-13-21-17(11-16(14(2)25-3)22(13)28-4)19(8-9-26-21)29-20-7-5-6-15(27-12-24)10-18(20)23/h5-12,20,25H,2H2,1,3-4H3,(H2,24,27). The van der Waals surface area contributed by atoms with Crippen LogP contribution in [0.3, 0.4) is 0 Å². The molecule has 0 fully saturated rings. The molecule has 0 aliphatic heterocycles. The zero-order chi connectivity index (χ0) is 21.0. The van der Waals surface area contributed by atoms with Crippen molar-refractivity contribution in [3.05, 3.63) is 71.9 Å². The van der Waals surface area contributed by atoms with E-state index in [1.165, 1.54) is 6.08 Å². The molecule has 0 spiro atoms. The van der Waals surface area contributed by atoms with Crippen molar-refractivity contribution >= 4 is 22.9 Å². The fourth-order valence-electron chi connectivity index (χ4n) is 3.17. The van der Waals surface area contributed by atoms with E-state index in [2.05, 4.69) is 22.2 Å². The molecule has 7 heteroatoms. The number of aryl methyl sites for hydroxylation is 1. The summed E-state index contributed by atoms with van der Waals surface area (Å²) in [6, 6.07) is 3.58. The van der Waals surface area contributed by atoms with Crippen LogP contribution in [-0.4, -0.2) is 31.6 Å². The summed E-state index contributed by atoms with van der Waals surface area (Å²) in [6.07, 6.45) is 7.99. The molecule has 1 aliphatic rings. The van der Waals surface area contributed by atoms with Crippen LogP contribution in [0, 0.1) is 12.3 Å². The highest BCUT2D eigenvalue weighted by atomic mass is 19.1. The molecule has 1 unspecified atom stereocenters. The lowest BCUT2D eigenvalue weighted by Crippen LogP contribution is -2.15. The van der Waals surface area contributed by atoms with Crippen molar-refractivity contribution in [2.75, 3.05) is 14.2 Å². The molecule has 0 amide bonds. The van der Waals surface area contributed by atoms with E-state index in [0.717, 1.165) is 22.9 Å². The quantitative estimate of drug-likeness (QED) is 0.489. The Morgan fingerprint density at radius 3 is 2.90 bits per heavy atom. The molecule has 1 aromatic carbocycles. The Balaban J connectivity index is 2.07. The second kappa shape index (κ2) is 8.60. The summed E-state index contributed by atoms with van der Waals surface area (Å²) in [5.74, 6) is 0.690. The van der Waals surface area contributed by atoms with E-state index in [4.69, 9.17) is 14.9 Å². The predicted molar refractivity (Wildman–Crippen MR) is 114 cm³/mol. The molecule has 3 rings (SSSR count). The zero-order valence-corrected chi connectivity index (χ0v) is 16.5. The number of methoxy groups -OCH3 is 1. The number of allylic oxidation sites excluding steroid dienone is 3. The van der Waals surface area contributed by atoms with Gasteiger partial charge in [0.2, 0.25) is 0 Å². The topological polar surface area (TPSA) is 79.3 Å². The highest BCUT2D eigenvalue weighted by Gasteiger charge is 2.20. The van der Waals surface area contributed by atoms with Gasteiger partial charge in [0.1, 0.15) is 17.3 Å². The fraction of sp³-hybridized carbons (Fsp3) is 0.182. The number of nitrogens with zero attached hydrogens (tertiary/aromatic N) is 1. The van der Waals surface area contributed by atoms with Gasteiger partial charge >= 0.3 is 0 Å². The first-order valence-electron chi connectivity index (χ1n) is 9.01. The number of hydrogen-bond donors (Lipinski definition) is 3. The summed E-state index contributed by atoms with van der Waals surface area (Å²) in [6.45, 7) is 5.94. The maximum Gasteiger partial charge on any atom is 0.168 e. The fourth-order valence-corrected chi connectivity index (χ4v) is 3.17. The average Bonchev–Trinajstić information content (AvgIpc) is 2.89. The molecule has 1 aliphatic carbocycles. The summed E-state index contributed by atoms with van der Waals surface area (Å²) >= 11 is 0. The third-order valence-electron chi connectivity index (χ3n) is 4.63. The molecule has 1 aromatic heterocycles. The Labute approximate surface area is 168 Å². The van der Waals surface area contributed by atoms with Gasteiger partial charge in [-0.25, -0.2) is 4.39 Å². The maximum atomic E-state index is 14.7. The summed E-state index contributed by atoms with van der Waals surface area (Å²) in [5.41, 5.74) is 3.48. The first kappa shape index (κ1) is 20.1. The van der Waals surface area contributed by atoms with E-state index < -0.39 is 11.9 Å². The number of ether oxygens (including phenoxy) is 2. The van der Waals surface area contributed by atoms with Gasteiger partial charge in [-0.1, -0.05) is 12.7 Å². The highest BCUT2D eigenvalue weighted by Crippen LogP contribution is 2.37. The van der Waals surface area contributed by atoms with Gasteiger partial charge in [0, 0.05) is 41.2 Å². The largest absolute Gasteiger partial charge is 0.496 e. The number of halogens is 1. The van der Waals surface area contributed by atoms with Crippen molar-refractivity contribution in [3.63, 3.8) is 0 Å². The van der Waals surface area contributed by atoms with Crippen molar-refractivity contribution < 1.29 is 13.9 Å². The highest BCUT2D eigenvalue weighted by molar-refractivity contribution is 5.93. The first-order valence-corrected chi connectivity index (χ1v) is 9.01. The molecule has 0 saturated heterocycles. The van der Waals surface area contributed by atoms with E-state index in [1.54, 1.807) is 44.6 Å². The number of pyridine rings is 1. The van der Waals surface area contributed by atoms with Gasteiger partial charge in [0.15, 0.2) is 6.10 Å². The molecule has 2 aromatic rings. The van der Waals surface area contributed by atoms with Gasteiger partial charge in [-0.2, -0.15) is 0 Å². The summed E-state index contributed by atoms with van der Waals surface area (Å²) in [4.78, 5) is 4.46. The van der Waals surface area contributed by atoms with Crippen LogP contribution in [0.15, 0.2) is 60.7 Å². The molecular weight excluding hydrogens is 371 g/mol. The van der Waals surface area contributed by atoms with Gasteiger partial charge in [-0.15, -0.1) is 0 Å². The molecule has 150 valence electrons. The predicted octanol–water partition coefficient (Wildman–Crippen LogP) is 3.99. The number of aromatic nitrogens is 1. The smallest absolute Gasteiger partial charge is 0.168 e. The van der Waals surface area contributed by atoms with E-state index in [0.29, 0.717) is 28.4 Å². The van der Waals surface area contributed by atoms with Gasteiger partial charge in [-0.05, 0) is 37.3 Å². The van der Waals surface area contributed by atoms with Crippen molar-refractivity contribution in [1.29, 1.82) is 5.41 Å². The van der Waals surface area contributed by atoms with Crippen LogP contribution >= 0.6 is 0 Å². The molecule has 1 atom stereocenters. The van der Waals surface area contributed by atoms with Gasteiger partial charge < -0.3 is 20.1 Å². The molecular formula is C22H23FN4O2. The minimum atomic E-state index is -0.903. The summed E-state index contributed by atoms with van der Waals surface area (Å²) in [5, 5.41) is 13.5. The van der Waals surface area contributed by atoms with Crippen LogP contribution < -0.4 is 20.1 Å². The second-order valence-corrected chi connectivity index (χ2v) is 6.38. The number of nitrogens with one attached hydrogen (secondary N) is 3. The van der Waals surface area contributed by atoms with Crippen LogP contribution in [-0.2, 0) is 0 Å². The minimum Gasteiger partial charge on any atom is -0.496 e. The number of hydrogen-bond acceptors (Lipinski definition) is 5. The zero-order valence-electron chi connectivity index (χ0n) is 16.5. The van der Waals surface area contributed by atoms with E-state index >= 15 is 0 Å². The normalized spacial score (nSPS) is 15.8. The van der Waals surface area contributed by atoms with Crippen LogP contribution in [0.25, 0.3) is 16.6 Å². The molecule has 1 heterocycles. The summed E-state index contributed by atoms with van der Waals surface area (Å²) in [7, 11) is 3.38. The van der Waals surface area contributed by atoms with Crippen LogP contribution in [0.2, 0.25) is 0 Å². The van der Waals surface area contributed by atoms with Crippen molar-refractivity contribution in [3.8, 4) is 11.5 Å². The maximum absolute atomic E-state index is 14.7. The third-order valence-corrected chi connectivity index (χ3v) is 4.63. The Kier molecular flexibility index (Phi) is 5.97. The third kappa shape index (κ3) is 3.99. The lowest BCUT2D eigenvalue weighted by atomic mass is 10.0. The lowest BCUT2D eigenvalue weighted by molar-refractivity contribution is 0.255. The molecule has 6 nitrogen and oxygen atoms in total.